The fraction of sp³-hybridized carbons (Fsp3) is 0.360. The van der Waals surface area contributed by atoms with Gasteiger partial charge in [-0.2, -0.15) is 0 Å². The van der Waals surface area contributed by atoms with E-state index in [9.17, 15) is 4.79 Å². The van der Waals surface area contributed by atoms with Crippen LogP contribution in [0.25, 0.3) is 5.69 Å². The van der Waals surface area contributed by atoms with Gasteiger partial charge in [-0.15, -0.1) is 10.2 Å². The van der Waals surface area contributed by atoms with Crippen molar-refractivity contribution in [1.29, 1.82) is 0 Å². The Morgan fingerprint density at radius 3 is 2.71 bits per heavy atom. The van der Waals surface area contributed by atoms with Crippen LogP contribution in [0, 0.1) is 6.92 Å². The number of fused-ring (bicyclic) bond motifs is 3. The number of nitrogens with two attached hydrogens (primary N) is 1. The summed E-state index contributed by atoms with van der Waals surface area (Å²) in [6.07, 6.45) is 1.96. The molecule has 9 heteroatoms. The number of carbonyl (C=O) groups is 1. The maximum absolute atomic E-state index is 12.5. The zero-order valence-electron chi connectivity index (χ0n) is 19.4. The Morgan fingerprint density at radius 1 is 1.18 bits per heavy atom. The molecule has 34 heavy (non-hydrogen) atoms. The van der Waals surface area contributed by atoms with Gasteiger partial charge >= 0.3 is 0 Å². The number of nitrogens with one attached hydrogen (secondary N) is 1. The van der Waals surface area contributed by atoms with E-state index in [2.05, 4.69) is 15.5 Å². The van der Waals surface area contributed by atoms with E-state index in [1.807, 2.05) is 60.9 Å². The molecule has 0 saturated carbocycles. The number of halogens is 1. The number of hydrogen-bond acceptors (Lipinski definition) is 6. The SMILES string of the molecule is CCNC(=O)C[C@@H]1N=C(c2ccc(Cl)cc2)c2cc(OCCCCN)ccc2-n2c(C)nnc21. The number of benzene rings is 2. The van der Waals surface area contributed by atoms with Gasteiger partial charge < -0.3 is 15.8 Å². The number of ether oxygens (including phenoxy) is 1. The average Bonchev–Trinajstić information content (AvgIpc) is 3.15. The first-order valence-corrected chi connectivity index (χ1v) is 11.9. The number of hydrogen-bond donors (Lipinski definition) is 2. The van der Waals surface area contributed by atoms with Gasteiger partial charge in [0.05, 0.1) is 24.4 Å². The second-order valence-corrected chi connectivity index (χ2v) is 8.56. The summed E-state index contributed by atoms with van der Waals surface area (Å²) in [4.78, 5) is 17.6. The van der Waals surface area contributed by atoms with Gasteiger partial charge in [-0.3, -0.25) is 14.4 Å². The van der Waals surface area contributed by atoms with Gasteiger partial charge in [-0.1, -0.05) is 23.7 Å². The molecule has 2 heterocycles. The predicted octanol–water partition coefficient (Wildman–Crippen LogP) is 3.77. The molecule has 0 fully saturated rings. The molecule has 3 aromatic rings. The van der Waals surface area contributed by atoms with Crippen molar-refractivity contribution >= 4 is 23.2 Å². The lowest BCUT2D eigenvalue weighted by atomic mass is 10.00. The maximum Gasteiger partial charge on any atom is 0.222 e. The summed E-state index contributed by atoms with van der Waals surface area (Å²) in [5.41, 5.74) is 9.01. The molecule has 2 aromatic carbocycles. The molecular weight excluding hydrogens is 452 g/mol. The fourth-order valence-electron chi connectivity index (χ4n) is 4.02. The minimum atomic E-state index is -0.500. The number of aryl methyl sites for hydroxylation is 1. The van der Waals surface area contributed by atoms with Crippen LogP contribution >= 0.6 is 11.6 Å². The van der Waals surface area contributed by atoms with Crippen molar-refractivity contribution in [3.05, 3.63) is 70.3 Å². The van der Waals surface area contributed by atoms with Crippen molar-refractivity contribution in [1.82, 2.24) is 20.1 Å². The van der Waals surface area contributed by atoms with Crippen LogP contribution in [0.5, 0.6) is 5.75 Å². The second-order valence-electron chi connectivity index (χ2n) is 8.12. The molecule has 3 N–H and O–H groups in total. The highest BCUT2D eigenvalue weighted by molar-refractivity contribution is 6.30. The highest BCUT2D eigenvalue weighted by Gasteiger charge is 2.30. The minimum Gasteiger partial charge on any atom is -0.494 e. The summed E-state index contributed by atoms with van der Waals surface area (Å²) in [5.74, 6) is 2.01. The quantitative estimate of drug-likeness (QED) is 0.453. The fourth-order valence-corrected chi connectivity index (χ4v) is 4.15. The Balaban J connectivity index is 1.84. The van der Waals surface area contributed by atoms with Crippen LogP contribution in [0.4, 0.5) is 0 Å². The van der Waals surface area contributed by atoms with Gasteiger partial charge in [0.1, 0.15) is 17.6 Å². The number of carbonyl (C=O) groups excluding carboxylic acids is 1. The number of unbranched alkanes of at least 4 members (excludes halogenated alkanes) is 1. The van der Waals surface area contributed by atoms with Gasteiger partial charge in [0.2, 0.25) is 5.91 Å². The van der Waals surface area contributed by atoms with Gasteiger partial charge in [0.25, 0.3) is 0 Å². The molecule has 1 amide bonds. The van der Waals surface area contributed by atoms with E-state index >= 15 is 0 Å². The summed E-state index contributed by atoms with van der Waals surface area (Å²) in [6, 6.07) is 13.0. The van der Waals surface area contributed by atoms with E-state index in [4.69, 9.17) is 27.1 Å². The summed E-state index contributed by atoms with van der Waals surface area (Å²) in [5, 5.41) is 12.2. The van der Waals surface area contributed by atoms with E-state index < -0.39 is 6.04 Å². The molecule has 1 aliphatic rings. The van der Waals surface area contributed by atoms with Crippen LogP contribution in [-0.4, -0.2) is 46.1 Å². The molecule has 0 aliphatic carbocycles. The van der Waals surface area contributed by atoms with Gasteiger partial charge in [-0.25, -0.2) is 0 Å². The molecule has 0 bridgehead atoms. The Hall–Kier alpha value is -3.23. The number of rotatable bonds is 9. The first kappa shape index (κ1) is 23.9. The first-order chi connectivity index (χ1) is 16.5. The first-order valence-electron chi connectivity index (χ1n) is 11.5. The molecular formula is C25H29ClN6O2. The number of aromatic nitrogens is 3. The van der Waals surface area contributed by atoms with Crippen LogP contribution in [0.3, 0.4) is 0 Å². The molecule has 0 spiro atoms. The van der Waals surface area contributed by atoms with E-state index in [0.29, 0.717) is 30.5 Å². The lowest BCUT2D eigenvalue weighted by Crippen LogP contribution is -2.25. The Kier molecular flexibility index (Phi) is 7.59. The monoisotopic (exact) mass is 480 g/mol. The summed E-state index contributed by atoms with van der Waals surface area (Å²) in [6.45, 7) is 5.57. The lowest BCUT2D eigenvalue weighted by molar-refractivity contribution is -0.121. The third-order valence-corrected chi connectivity index (χ3v) is 5.89. The average molecular weight is 481 g/mol. The van der Waals surface area contributed by atoms with Gasteiger partial charge in [-0.05, 0) is 63.6 Å². The molecule has 1 aliphatic heterocycles. The normalized spacial score (nSPS) is 14.6. The maximum atomic E-state index is 12.5. The number of aliphatic imine (C=N–C) groups is 1. The van der Waals surface area contributed by atoms with Crippen molar-refractivity contribution in [2.45, 2.75) is 39.2 Å². The van der Waals surface area contributed by atoms with E-state index in [1.165, 1.54) is 0 Å². The Bertz CT molecular complexity index is 1190. The predicted molar refractivity (Wildman–Crippen MR) is 133 cm³/mol. The Labute approximate surface area is 204 Å². The summed E-state index contributed by atoms with van der Waals surface area (Å²) < 4.78 is 7.98. The number of amides is 1. The lowest BCUT2D eigenvalue weighted by Gasteiger charge is -2.15. The van der Waals surface area contributed by atoms with Crippen LogP contribution in [0.15, 0.2) is 47.5 Å². The summed E-state index contributed by atoms with van der Waals surface area (Å²) in [7, 11) is 0. The van der Waals surface area contributed by atoms with E-state index in [-0.39, 0.29) is 12.3 Å². The highest BCUT2D eigenvalue weighted by atomic mass is 35.5. The molecule has 0 unspecified atom stereocenters. The topological polar surface area (TPSA) is 107 Å². The molecule has 1 aromatic heterocycles. The zero-order valence-corrected chi connectivity index (χ0v) is 20.2. The smallest absolute Gasteiger partial charge is 0.222 e. The van der Waals surface area contributed by atoms with Crippen LogP contribution in [0.2, 0.25) is 5.02 Å². The minimum absolute atomic E-state index is 0.0891. The van der Waals surface area contributed by atoms with Crippen molar-refractivity contribution in [3.63, 3.8) is 0 Å². The molecule has 8 nitrogen and oxygen atoms in total. The zero-order chi connectivity index (χ0) is 24.1. The number of nitrogens with zero attached hydrogens (tertiary/aromatic N) is 4. The van der Waals surface area contributed by atoms with Crippen LogP contribution < -0.4 is 15.8 Å². The van der Waals surface area contributed by atoms with Crippen molar-refractivity contribution in [2.24, 2.45) is 10.7 Å². The molecule has 0 radical (unpaired) electrons. The highest BCUT2D eigenvalue weighted by Crippen LogP contribution is 2.34. The van der Waals surface area contributed by atoms with Crippen LogP contribution in [-0.2, 0) is 4.79 Å². The van der Waals surface area contributed by atoms with Gasteiger partial charge in [0.15, 0.2) is 5.82 Å². The van der Waals surface area contributed by atoms with Crippen LogP contribution in [0.1, 0.15) is 55.0 Å². The standard InChI is InChI=1S/C25H29ClN6O2/c1-3-28-23(33)15-21-25-31-30-16(2)32(25)22-11-10-19(34-13-5-4-12-27)14-20(22)24(29-21)17-6-8-18(26)9-7-17/h6-11,14,21H,3-5,12-13,15,27H2,1-2H3,(H,28,33)/t21-/m0/s1. The molecule has 1 atom stereocenters. The third kappa shape index (κ3) is 5.13. The van der Waals surface area contributed by atoms with Crippen molar-refractivity contribution in [2.75, 3.05) is 19.7 Å². The van der Waals surface area contributed by atoms with Gasteiger partial charge in [0, 0.05) is 22.7 Å². The largest absolute Gasteiger partial charge is 0.494 e. The van der Waals surface area contributed by atoms with Crippen molar-refractivity contribution in [3.8, 4) is 11.4 Å². The molecule has 0 saturated heterocycles. The van der Waals surface area contributed by atoms with E-state index in [0.717, 1.165) is 46.9 Å². The summed E-state index contributed by atoms with van der Waals surface area (Å²) >= 11 is 6.16. The second kappa shape index (κ2) is 10.8. The third-order valence-electron chi connectivity index (χ3n) is 5.63. The Morgan fingerprint density at radius 2 is 1.97 bits per heavy atom. The van der Waals surface area contributed by atoms with E-state index in [1.54, 1.807) is 0 Å². The molecule has 4 rings (SSSR count). The van der Waals surface area contributed by atoms with Crippen molar-refractivity contribution < 1.29 is 9.53 Å². The molecule has 178 valence electrons.